The van der Waals surface area contributed by atoms with E-state index in [1.165, 1.54) is 18.2 Å². The molecule has 0 saturated heterocycles. The van der Waals surface area contributed by atoms with Crippen LogP contribution < -0.4 is 4.74 Å². The molecule has 2 aromatic carbocycles. The largest absolute Gasteiger partial charge is 0.460 e. The van der Waals surface area contributed by atoms with Crippen LogP contribution in [0.2, 0.25) is 5.02 Å². The van der Waals surface area contributed by atoms with Crippen molar-refractivity contribution in [2.45, 2.75) is 39.2 Å². The van der Waals surface area contributed by atoms with E-state index in [-0.39, 0.29) is 24.3 Å². The first-order chi connectivity index (χ1) is 12.6. The third-order valence-corrected chi connectivity index (χ3v) is 4.21. The average Bonchev–Trinajstić information content (AvgIpc) is 2.55. The van der Waals surface area contributed by atoms with Crippen LogP contribution in [0.3, 0.4) is 0 Å². The molecule has 0 saturated carbocycles. The zero-order valence-electron chi connectivity index (χ0n) is 15.1. The number of carbonyl (C=O) groups excluding carboxylic acids is 1. The van der Waals surface area contributed by atoms with Gasteiger partial charge in [0.1, 0.15) is 11.4 Å². The maximum absolute atomic E-state index is 14.9. The lowest BCUT2D eigenvalue weighted by Crippen LogP contribution is -2.24. The Kier molecular flexibility index (Phi) is 6.85. The molecule has 142 valence electrons. The second-order valence-corrected chi connectivity index (χ2v) is 8.12. The molecule has 0 unspecified atom stereocenters. The molecule has 0 aliphatic heterocycles. The minimum Gasteiger partial charge on any atom is -0.460 e. The smallest absolute Gasteiger partial charge is 0.306 e. The summed E-state index contributed by atoms with van der Waals surface area (Å²) in [6.07, 6.45) is 0.217. The Morgan fingerprint density at radius 2 is 2.00 bits per heavy atom. The van der Waals surface area contributed by atoms with Crippen molar-refractivity contribution in [1.29, 1.82) is 5.26 Å². The standard InChI is InChI=1S/C20H18BrClFNO3/c1-20(2,3)27-17(25)7-5-13-4-6-16(21)19(18(13)23)26-15-9-12(11-24)8-14(22)10-15/h4,6,8-10H,5,7H2,1-3H3. The van der Waals surface area contributed by atoms with Crippen molar-refractivity contribution in [3.8, 4) is 17.6 Å². The molecule has 0 atom stereocenters. The fraction of sp³-hybridized carbons (Fsp3) is 0.300. The molecule has 0 amide bonds. The molecule has 2 aromatic rings. The van der Waals surface area contributed by atoms with Gasteiger partial charge in [-0.15, -0.1) is 0 Å². The van der Waals surface area contributed by atoms with Gasteiger partial charge < -0.3 is 9.47 Å². The van der Waals surface area contributed by atoms with Crippen molar-refractivity contribution in [2.24, 2.45) is 0 Å². The van der Waals surface area contributed by atoms with E-state index in [0.717, 1.165) is 0 Å². The van der Waals surface area contributed by atoms with Crippen LogP contribution in [0.4, 0.5) is 4.39 Å². The lowest BCUT2D eigenvalue weighted by molar-refractivity contribution is -0.154. The van der Waals surface area contributed by atoms with Crippen LogP contribution in [0.25, 0.3) is 0 Å². The lowest BCUT2D eigenvalue weighted by Gasteiger charge is -2.19. The Bertz CT molecular complexity index is 903. The number of carbonyl (C=O) groups is 1. The van der Waals surface area contributed by atoms with Gasteiger partial charge in [-0.1, -0.05) is 17.7 Å². The highest BCUT2D eigenvalue weighted by Crippen LogP contribution is 2.35. The number of rotatable bonds is 5. The van der Waals surface area contributed by atoms with Crippen molar-refractivity contribution < 1.29 is 18.7 Å². The number of benzene rings is 2. The molecular weight excluding hydrogens is 437 g/mol. The maximum atomic E-state index is 14.9. The summed E-state index contributed by atoms with van der Waals surface area (Å²) >= 11 is 9.21. The van der Waals surface area contributed by atoms with Gasteiger partial charge in [-0.25, -0.2) is 4.39 Å². The molecule has 2 rings (SSSR count). The Balaban J connectivity index is 2.21. The highest BCUT2D eigenvalue weighted by atomic mass is 79.9. The molecule has 0 heterocycles. The summed E-state index contributed by atoms with van der Waals surface area (Å²) in [5.41, 5.74) is 0.0333. The van der Waals surface area contributed by atoms with Crippen LogP contribution in [-0.2, 0) is 16.0 Å². The van der Waals surface area contributed by atoms with Gasteiger partial charge in [0.25, 0.3) is 0 Å². The van der Waals surface area contributed by atoms with Crippen molar-refractivity contribution in [1.82, 2.24) is 0 Å². The van der Waals surface area contributed by atoms with Crippen LogP contribution in [0.5, 0.6) is 11.5 Å². The topological polar surface area (TPSA) is 59.3 Å². The van der Waals surface area contributed by atoms with Crippen LogP contribution in [0.15, 0.2) is 34.8 Å². The van der Waals surface area contributed by atoms with E-state index in [4.69, 9.17) is 26.3 Å². The molecular formula is C20H18BrClFNO3. The van der Waals surface area contributed by atoms with Crippen molar-refractivity contribution in [2.75, 3.05) is 0 Å². The van der Waals surface area contributed by atoms with E-state index >= 15 is 0 Å². The van der Waals surface area contributed by atoms with Gasteiger partial charge >= 0.3 is 5.97 Å². The zero-order valence-corrected chi connectivity index (χ0v) is 17.4. The van der Waals surface area contributed by atoms with Gasteiger partial charge in [0, 0.05) is 11.4 Å². The number of esters is 1. The number of aryl methyl sites for hydroxylation is 1. The molecule has 0 aromatic heterocycles. The van der Waals surface area contributed by atoms with E-state index in [2.05, 4.69) is 15.9 Å². The SMILES string of the molecule is CC(C)(C)OC(=O)CCc1ccc(Br)c(Oc2cc(Cl)cc(C#N)c2)c1F. The number of nitriles is 1. The second kappa shape index (κ2) is 8.73. The third kappa shape index (κ3) is 6.23. The first kappa shape index (κ1) is 21.2. The molecule has 0 spiro atoms. The van der Waals surface area contributed by atoms with Gasteiger partial charge in [-0.2, -0.15) is 5.26 Å². The number of halogens is 3. The number of hydrogen-bond acceptors (Lipinski definition) is 4. The van der Waals surface area contributed by atoms with E-state index in [1.54, 1.807) is 32.9 Å². The van der Waals surface area contributed by atoms with Crippen LogP contribution in [-0.4, -0.2) is 11.6 Å². The average molecular weight is 455 g/mol. The van der Waals surface area contributed by atoms with Gasteiger partial charge in [0.15, 0.2) is 11.6 Å². The first-order valence-corrected chi connectivity index (χ1v) is 9.33. The Morgan fingerprint density at radius 3 is 2.63 bits per heavy atom. The van der Waals surface area contributed by atoms with Crippen molar-refractivity contribution >= 4 is 33.5 Å². The number of nitrogens with zero attached hydrogens (tertiary/aromatic N) is 1. The molecule has 0 aliphatic rings. The fourth-order valence-corrected chi connectivity index (χ4v) is 2.91. The van der Waals surface area contributed by atoms with E-state index in [0.29, 0.717) is 20.6 Å². The molecule has 7 heteroatoms. The quantitative estimate of drug-likeness (QED) is 0.506. The highest BCUT2D eigenvalue weighted by molar-refractivity contribution is 9.10. The predicted molar refractivity (Wildman–Crippen MR) is 105 cm³/mol. The molecule has 0 N–H and O–H groups in total. The summed E-state index contributed by atoms with van der Waals surface area (Å²) in [6.45, 7) is 5.33. The summed E-state index contributed by atoms with van der Waals surface area (Å²) in [4.78, 5) is 11.9. The summed E-state index contributed by atoms with van der Waals surface area (Å²) in [5, 5.41) is 9.32. The monoisotopic (exact) mass is 453 g/mol. The molecule has 0 fully saturated rings. The summed E-state index contributed by atoms with van der Waals surface area (Å²) in [7, 11) is 0. The van der Waals surface area contributed by atoms with Crippen molar-refractivity contribution in [3.63, 3.8) is 0 Å². The van der Waals surface area contributed by atoms with Crippen LogP contribution >= 0.6 is 27.5 Å². The minimum atomic E-state index is -0.591. The zero-order chi connectivity index (χ0) is 20.2. The van der Waals surface area contributed by atoms with Crippen LogP contribution in [0.1, 0.15) is 38.3 Å². The summed E-state index contributed by atoms with van der Waals surface area (Å²) < 4.78 is 26.1. The van der Waals surface area contributed by atoms with Gasteiger partial charge in [-0.3, -0.25) is 4.79 Å². The Hall–Kier alpha value is -2.10. The minimum absolute atomic E-state index is 0.0390. The first-order valence-electron chi connectivity index (χ1n) is 8.16. The number of ether oxygens (including phenoxy) is 2. The van der Waals surface area contributed by atoms with Crippen LogP contribution in [0, 0.1) is 17.1 Å². The molecule has 0 radical (unpaired) electrons. The van der Waals surface area contributed by atoms with E-state index in [9.17, 15) is 9.18 Å². The van der Waals surface area contributed by atoms with Gasteiger partial charge in [0.2, 0.25) is 0 Å². The predicted octanol–water partition coefficient (Wildman–Crippen LogP) is 6.18. The molecule has 4 nitrogen and oxygen atoms in total. The lowest BCUT2D eigenvalue weighted by atomic mass is 10.1. The van der Waals surface area contributed by atoms with Crippen molar-refractivity contribution in [3.05, 3.63) is 56.8 Å². The number of hydrogen-bond donors (Lipinski definition) is 0. The highest BCUT2D eigenvalue weighted by Gasteiger charge is 2.19. The Labute approximate surface area is 171 Å². The van der Waals surface area contributed by atoms with Gasteiger partial charge in [-0.05, 0) is 73.0 Å². The van der Waals surface area contributed by atoms with E-state index < -0.39 is 17.4 Å². The molecule has 27 heavy (non-hydrogen) atoms. The third-order valence-electron chi connectivity index (χ3n) is 3.37. The van der Waals surface area contributed by atoms with E-state index in [1.807, 2.05) is 6.07 Å². The fourth-order valence-electron chi connectivity index (χ4n) is 2.29. The molecule has 0 aliphatic carbocycles. The van der Waals surface area contributed by atoms with Gasteiger partial charge in [0.05, 0.1) is 16.1 Å². The maximum Gasteiger partial charge on any atom is 0.306 e. The Morgan fingerprint density at radius 1 is 1.30 bits per heavy atom. The second-order valence-electron chi connectivity index (χ2n) is 6.83. The normalized spacial score (nSPS) is 11.0. The molecule has 0 bridgehead atoms. The summed E-state index contributed by atoms with van der Waals surface area (Å²) in [6, 6.07) is 9.62. The summed E-state index contributed by atoms with van der Waals surface area (Å²) in [5.74, 6) is -0.794.